The van der Waals surface area contributed by atoms with Crippen LogP contribution >= 0.6 is 0 Å². The lowest BCUT2D eigenvalue weighted by Gasteiger charge is -2.22. The molecule has 1 aromatic carbocycles. The second-order valence-electron chi connectivity index (χ2n) is 7.11. The minimum atomic E-state index is -0.497. The van der Waals surface area contributed by atoms with Crippen LogP contribution in [-0.2, 0) is 4.74 Å². The molecule has 1 unspecified atom stereocenters. The number of nitrogens with one attached hydrogen (secondary N) is 1. The molecular weight excluding hydrogens is 292 g/mol. The molecule has 0 radical (unpaired) electrons. The van der Waals surface area contributed by atoms with E-state index in [-0.39, 0.29) is 11.8 Å². The highest BCUT2D eigenvalue weighted by Crippen LogP contribution is 2.14. The maximum absolute atomic E-state index is 12.4. The fourth-order valence-electron chi connectivity index (χ4n) is 2.74. The highest BCUT2D eigenvalue weighted by atomic mass is 16.6. The molecule has 1 amide bonds. The third-order valence-corrected chi connectivity index (χ3v) is 3.81. The Balaban J connectivity index is 1.83. The van der Waals surface area contributed by atoms with E-state index in [9.17, 15) is 9.59 Å². The van der Waals surface area contributed by atoms with Gasteiger partial charge in [0.2, 0.25) is 0 Å². The molecule has 1 aliphatic heterocycles. The Morgan fingerprint density at radius 1 is 1.30 bits per heavy atom. The molecule has 5 nitrogen and oxygen atoms in total. The van der Waals surface area contributed by atoms with E-state index in [0.29, 0.717) is 13.1 Å². The van der Waals surface area contributed by atoms with E-state index >= 15 is 0 Å². The molecule has 0 saturated carbocycles. The number of aryl methyl sites for hydroxylation is 1. The monoisotopic (exact) mass is 318 g/mol. The minimum absolute atomic E-state index is 0.0366. The Morgan fingerprint density at radius 2 is 2.00 bits per heavy atom. The Hall–Kier alpha value is -1.88. The first-order chi connectivity index (χ1) is 10.7. The molecule has 1 aliphatic rings. The number of hydrogen-bond donors (Lipinski definition) is 1. The van der Waals surface area contributed by atoms with Crippen LogP contribution in [0.2, 0.25) is 0 Å². The van der Waals surface area contributed by atoms with Crippen LogP contribution in [0.25, 0.3) is 0 Å². The van der Waals surface area contributed by atoms with Gasteiger partial charge in [-0.15, -0.1) is 0 Å². The summed E-state index contributed by atoms with van der Waals surface area (Å²) in [5, 5.41) is 2.88. The number of likely N-dealkylation sites (tertiary alicyclic amines) is 1. The molecule has 1 N–H and O–H groups in total. The Kier molecular flexibility index (Phi) is 5.42. The maximum Gasteiger partial charge on any atom is 0.407 e. The van der Waals surface area contributed by atoms with E-state index in [2.05, 4.69) is 10.2 Å². The summed E-state index contributed by atoms with van der Waals surface area (Å²) < 4.78 is 5.27. The fourth-order valence-corrected chi connectivity index (χ4v) is 2.74. The smallest absolute Gasteiger partial charge is 0.407 e. The average Bonchev–Trinajstić information content (AvgIpc) is 2.83. The van der Waals surface area contributed by atoms with Crippen molar-refractivity contribution >= 4 is 11.9 Å². The Bertz CT molecular complexity index is 578. The van der Waals surface area contributed by atoms with Crippen molar-refractivity contribution in [1.82, 2.24) is 10.2 Å². The van der Waals surface area contributed by atoms with Gasteiger partial charge in [-0.2, -0.15) is 0 Å². The topological polar surface area (TPSA) is 58.6 Å². The zero-order valence-electron chi connectivity index (χ0n) is 14.4. The number of carbonyl (C=O) groups is 2. The molecule has 5 heteroatoms. The zero-order chi connectivity index (χ0) is 17.0. The number of carbonyl (C=O) groups excluding carboxylic acids is 2. The lowest BCUT2D eigenvalue weighted by atomic mass is 10.0. The van der Waals surface area contributed by atoms with Crippen LogP contribution in [0.5, 0.6) is 0 Å². The summed E-state index contributed by atoms with van der Waals surface area (Å²) in [6.07, 6.45) is 0.440. The maximum atomic E-state index is 12.4. The number of hydrogen-bond acceptors (Lipinski definition) is 4. The van der Waals surface area contributed by atoms with Crippen LogP contribution in [0.3, 0.4) is 0 Å². The van der Waals surface area contributed by atoms with Gasteiger partial charge in [0.1, 0.15) is 5.60 Å². The first-order valence-electron chi connectivity index (χ1n) is 8.05. The molecule has 1 fully saturated rings. The number of Topliss-reactive ketones (excluding diaryl/α,β-unsaturated/α-hetero) is 1. The van der Waals surface area contributed by atoms with Gasteiger partial charge in [0.25, 0.3) is 0 Å². The lowest BCUT2D eigenvalue weighted by Crippen LogP contribution is -2.41. The van der Waals surface area contributed by atoms with Gasteiger partial charge in [-0.3, -0.25) is 9.69 Å². The second-order valence-corrected chi connectivity index (χ2v) is 7.11. The largest absolute Gasteiger partial charge is 0.444 e. The van der Waals surface area contributed by atoms with Crippen molar-refractivity contribution in [3.8, 4) is 0 Å². The van der Waals surface area contributed by atoms with Crippen molar-refractivity contribution in [1.29, 1.82) is 0 Å². The van der Waals surface area contributed by atoms with Gasteiger partial charge in [0, 0.05) is 24.7 Å². The van der Waals surface area contributed by atoms with Crippen molar-refractivity contribution in [2.75, 3.05) is 19.6 Å². The lowest BCUT2D eigenvalue weighted by molar-refractivity contribution is 0.0506. The summed E-state index contributed by atoms with van der Waals surface area (Å²) in [6, 6.07) is 7.67. The second kappa shape index (κ2) is 7.13. The molecule has 2 rings (SSSR count). The standard InChI is InChI=1S/C18H26N2O3/c1-13-7-5-6-8-15(13)16(21)12-20-10-9-14(11-20)19-17(22)23-18(2,3)4/h5-8,14H,9-12H2,1-4H3,(H,19,22). The van der Waals surface area contributed by atoms with E-state index in [1.165, 1.54) is 0 Å². The minimum Gasteiger partial charge on any atom is -0.444 e. The Morgan fingerprint density at radius 3 is 2.65 bits per heavy atom. The summed E-state index contributed by atoms with van der Waals surface area (Å²) >= 11 is 0. The zero-order valence-corrected chi connectivity index (χ0v) is 14.4. The van der Waals surface area contributed by atoms with Gasteiger partial charge in [-0.25, -0.2) is 4.79 Å². The van der Waals surface area contributed by atoms with Crippen LogP contribution in [0.15, 0.2) is 24.3 Å². The van der Waals surface area contributed by atoms with Crippen LogP contribution in [0.4, 0.5) is 4.79 Å². The van der Waals surface area contributed by atoms with Gasteiger partial charge in [-0.05, 0) is 39.7 Å². The number of ether oxygens (including phenoxy) is 1. The third kappa shape index (κ3) is 5.36. The molecule has 0 aromatic heterocycles. The van der Waals surface area contributed by atoms with Crippen LogP contribution < -0.4 is 5.32 Å². The number of ketones is 1. The van der Waals surface area contributed by atoms with E-state index in [4.69, 9.17) is 4.74 Å². The summed E-state index contributed by atoms with van der Waals surface area (Å²) in [7, 11) is 0. The quantitative estimate of drug-likeness (QED) is 0.867. The number of alkyl carbamates (subject to hydrolysis) is 1. The molecule has 1 atom stereocenters. The summed E-state index contributed by atoms with van der Waals surface area (Å²) in [5.41, 5.74) is 1.28. The summed E-state index contributed by atoms with van der Waals surface area (Å²) in [4.78, 5) is 26.3. The van der Waals surface area contributed by atoms with Crippen molar-refractivity contribution in [2.45, 2.75) is 45.8 Å². The molecule has 1 heterocycles. The van der Waals surface area contributed by atoms with E-state index in [1.54, 1.807) is 0 Å². The average molecular weight is 318 g/mol. The molecular formula is C18H26N2O3. The van der Waals surface area contributed by atoms with Gasteiger partial charge in [0.05, 0.1) is 6.54 Å². The van der Waals surface area contributed by atoms with Gasteiger partial charge < -0.3 is 10.1 Å². The highest BCUT2D eigenvalue weighted by molar-refractivity contribution is 5.98. The number of amides is 1. The predicted octanol–water partition coefficient (Wildman–Crippen LogP) is 2.78. The van der Waals surface area contributed by atoms with Gasteiger partial charge in [-0.1, -0.05) is 24.3 Å². The van der Waals surface area contributed by atoms with Crippen molar-refractivity contribution in [2.24, 2.45) is 0 Å². The van der Waals surface area contributed by atoms with Crippen molar-refractivity contribution < 1.29 is 14.3 Å². The van der Waals surface area contributed by atoms with E-state index < -0.39 is 11.7 Å². The molecule has 0 bridgehead atoms. The van der Waals surface area contributed by atoms with Crippen molar-refractivity contribution in [3.63, 3.8) is 0 Å². The van der Waals surface area contributed by atoms with Gasteiger partial charge >= 0.3 is 6.09 Å². The fraction of sp³-hybridized carbons (Fsp3) is 0.556. The van der Waals surface area contributed by atoms with Crippen molar-refractivity contribution in [3.05, 3.63) is 35.4 Å². The Labute approximate surface area is 138 Å². The SMILES string of the molecule is Cc1ccccc1C(=O)CN1CCC(NC(=O)OC(C)(C)C)C1. The molecule has 1 aromatic rings. The predicted molar refractivity (Wildman–Crippen MR) is 89.7 cm³/mol. The molecule has 1 saturated heterocycles. The third-order valence-electron chi connectivity index (χ3n) is 3.81. The van der Waals surface area contributed by atoms with Gasteiger partial charge in [0.15, 0.2) is 5.78 Å². The van der Waals surface area contributed by atoms with Crippen LogP contribution in [-0.4, -0.2) is 48.1 Å². The number of benzene rings is 1. The summed E-state index contributed by atoms with van der Waals surface area (Å²) in [5.74, 6) is 0.126. The van der Waals surface area contributed by atoms with E-state index in [0.717, 1.165) is 24.1 Å². The first kappa shape index (κ1) is 17.5. The van der Waals surface area contributed by atoms with Crippen LogP contribution in [0.1, 0.15) is 43.1 Å². The number of rotatable bonds is 4. The first-order valence-corrected chi connectivity index (χ1v) is 8.05. The van der Waals surface area contributed by atoms with Crippen LogP contribution in [0, 0.1) is 6.92 Å². The molecule has 0 aliphatic carbocycles. The van der Waals surface area contributed by atoms with E-state index in [1.807, 2.05) is 52.0 Å². The molecule has 126 valence electrons. The normalized spacial score (nSPS) is 18.7. The number of nitrogens with zero attached hydrogens (tertiary/aromatic N) is 1. The molecule has 23 heavy (non-hydrogen) atoms. The molecule has 0 spiro atoms. The summed E-state index contributed by atoms with van der Waals surface area (Å²) in [6.45, 7) is 9.34. The highest BCUT2D eigenvalue weighted by Gasteiger charge is 2.27.